The Bertz CT molecular complexity index is 136. The summed E-state index contributed by atoms with van der Waals surface area (Å²) in [6.45, 7) is 8.57. The molecule has 0 aromatic carbocycles. The minimum atomic E-state index is -1.07. The third kappa shape index (κ3) is 3.04. The average molecular weight is 178 g/mol. The molecule has 1 fully saturated rings. The van der Waals surface area contributed by atoms with Crippen LogP contribution in [0.3, 0.4) is 0 Å². The van der Waals surface area contributed by atoms with Crippen LogP contribution in [0.4, 0.5) is 0 Å². The molecule has 1 aliphatic heterocycles. The molecule has 11 heavy (non-hydrogen) atoms. The lowest BCUT2D eigenvalue weighted by Crippen LogP contribution is -2.20. The first-order valence-corrected chi connectivity index (χ1v) is 4.88. The molecule has 0 bridgehead atoms. The van der Waals surface area contributed by atoms with Gasteiger partial charge in [-0.1, -0.05) is 0 Å². The van der Waals surface area contributed by atoms with Gasteiger partial charge >= 0.3 is 8.60 Å². The quantitative estimate of drug-likeness (QED) is 0.608. The molecule has 0 spiro atoms. The lowest BCUT2D eigenvalue weighted by atomic mass is 10.2. The van der Waals surface area contributed by atoms with Crippen LogP contribution in [0.25, 0.3) is 0 Å². The van der Waals surface area contributed by atoms with Crippen molar-refractivity contribution in [1.29, 1.82) is 0 Å². The van der Waals surface area contributed by atoms with Crippen molar-refractivity contribution in [2.24, 2.45) is 0 Å². The summed E-state index contributed by atoms with van der Waals surface area (Å²) < 4.78 is 16.1. The smallest absolute Gasteiger partial charge is 0.309 e. The Morgan fingerprint density at radius 1 is 1.45 bits per heavy atom. The summed E-state index contributed by atoms with van der Waals surface area (Å²) in [7, 11) is -1.07. The van der Waals surface area contributed by atoms with E-state index in [9.17, 15) is 0 Å². The van der Waals surface area contributed by atoms with Gasteiger partial charge in [0.05, 0.1) is 18.3 Å². The van der Waals surface area contributed by atoms with Crippen molar-refractivity contribution in [2.45, 2.75) is 39.4 Å². The van der Waals surface area contributed by atoms with Crippen LogP contribution in [0.5, 0.6) is 0 Å². The molecule has 1 atom stereocenters. The average Bonchev–Trinajstić information content (AvgIpc) is 2.08. The van der Waals surface area contributed by atoms with E-state index in [1.165, 1.54) is 0 Å². The van der Waals surface area contributed by atoms with Crippen molar-refractivity contribution in [3.63, 3.8) is 0 Å². The maximum absolute atomic E-state index is 5.48. The molecule has 1 heterocycles. The molecule has 0 radical (unpaired) electrons. The summed E-state index contributed by atoms with van der Waals surface area (Å²) >= 11 is 0. The molecule has 0 aromatic rings. The van der Waals surface area contributed by atoms with E-state index < -0.39 is 8.60 Å². The van der Waals surface area contributed by atoms with Crippen LogP contribution < -0.4 is 0 Å². The van der Waals surface area contributed by atoms with Crippen molar-refractivity contribution in [2.75, 3.05) is 6.61 Å². The summed E-state index contributed by atoms with van der Waals surface area (Å²) in [6, 6.07) is 0. The fourth-order valence-corrected chi connectivity index (χ4v) is 2.06. The molecule has 1 saturated heterocycles. The Labute approximate surface area is 69.0 Å². The van der Waals surface area contributed by atoms with E-state index in [1.807, 2.05) is 27.7 Å². The SMILES string of the molecule is CC(C)OP1OCC(C)(C)O1. The van der Waals surface area contributed by atoms with Crippen molar-refractivity contribution < 1.29 is 13.6 Å². The predicted octanol–water partition coefficient (Wildman–Crippen LogP) is 2.46. The molecular weight excluding hydrogens is 163 g/mol. The zero-order valence-electron chi connectivity index (χ0n) is 7.46. The van der Waals surface area contributed by atoms with Crippen molar-refractivity contribution in [3.8, 4) is 0 Å². The highest BCUT2D eigenvalue weighted by atomic mass is 31.2. The number of rotatable bonds is 2. The lowest BCUT2D eigenvalue weighted by molar-refractivity contribution is 0.125. The van der Waals surface area contributed by atoms with Crippen LogP contribution in [0.2, 0.25) is 0 Å². The number of hydrogen-bond donors (Lipinski definition) is 0. The summed E-state index contributed by atoms with van der Waals surface area (Å²) in [6.07, 6.45) is 0.176. The van der Waals surface area contributed by atoms with E-state index in [0.29, 0.717) is 6.61 Å². The summed E-state index contributed by atoms with van der Waals surface area (Å²) in [5.41, 5.74) is -0.166. The fourth-order valence-electron chi connectivity index (χ4n) is 0.687. The maximum atomic E-state index is 5.48. The molecule has 0 N–H and O–H groups in total. The minimum Gasteiger partial charge on any atom is -0.309 e. The van der Waals surface area contributed by atoms with E-state index in [2.05, 4.69) is 0 Å². The first-order valence-electron chi connectivity index (χ1n) is 3.78. The van der Waals surface area contributed by atoms with E-state index in [1.54, 1.807) is 0 Å². The Morgan fingerprint density at radius 2 is 2.09 bits per heavy atom. The molecular formula is C7H15O3P. The van der Waals surface area contributed by atoms with Crippen molar-refractivity contribution in [3.05, 3.63) is 0 Å². The van der Waals surface area contributed by atoms with Gasteiger partial charge in [-0.05, 0) is 27.7 Å². The van der Waals surface area contributed by atoms with Crippen LogP contribution in [0, 0.1) is 0 Å². The van der Waals surface area contributed by atoms with Crippen LogP contribution in [0.15, 0.2) is 0 Å². The van der Waals surface area contributed by atoms with Gasteiger partial charge in [-0.2, -0.15) is 0 Å². The molecule has 1 unspecified atom stereocenters. The fraction of sp³-hybridized carbons (Fsp3) is 1.00. The predicted molar refractivity (Wildman–Crippen MR) is 44.3 cm³/mol. The van der Waals surface area contributed by atoms with E-state index in [0.717, 1.165) is 0 Å². The highest BCUT2D eigenvalue weighted by Gasteiger charge is 2.35. The van der Waals surface area contributed by atoms with E-state index in [-0.39, 0.29) is 11.7 Å². The summed E-state index contributed by atoms with van der Waals surface area (Å²) in [5, 5.41) is 0. The second-order valence-electron chi connectivity index (χ2n) is 3.50. The van der Waals surface area contributed by atoms with Crippen LogP contribution in [-0.2, 0) is 13.6 Å². The van der Waals surface area contributed by atoms with Gasteiger partial charge in [-0.25, -0.2) is 0 Å². The Kier molecular flexibility index (Phi) is 2.87. The molecule has 1 aliphatic rings. The molecule has 0 saturated carbocycles. The third-order valence-electron chi connectivity index (χ3n) is 1.14. The first kappa shape index (κ1) is 9.40. The van der Waals surface area contributed by atoms with Crippen molar-refractivity contribution in [1.82, 2.24) is 0 Å². The Hall–Kier alpha value is 0.310. The van der Waals surface area contributed by atoms with Gasteiger partial charge in [0.2, 0.25) is 0 Å². The summed E-state index contributed by atoms with van der Waals surface area (Å²) in [5.74, 6) is 0. The van der Waals surface area contributed by atoms with Gasteiger partial charge in [0.1, 0.15) is 0 Å². The topological polar surface area (TPSA) is 27.7 Å². The van der Waals surface area contributed by atoms with Gasteiger partial charge in [0, 0.05) is 0 Å². The van der Waals surface area contributed by atoms with Gasteiger partial charge < -0.3 is 13.6 Å². The molecule has 3 nitrogen and oxygen atoms in total. The van der Waals surface area contributed by atoms with E-state index >= 15 is 0 Å². The molecule has 4 heteroatoms. The van der Waals surface area contributed by atoms with Crippen LogP contribution >= 0.6 is 8.60 Å². The first-order chi connectivity index (χ1) is 4.99. The Balaban J connectivity index is 2.31. The standard InChI is InChI=1S/C7H15O3P/c1-6(2)9-11-8-5-7(3,4)10-11/h6H,5H2,1-4H3. The van der Waals surface area contributed by atoms with Crippen LogP contribution in [-0.4, -0.2) is 18.3 Å². The van der Waals surface area contributed by atoms with Gasteiger partial charge in [-0.3, -0.25) is 0 Å². The molecule has 0 aromatic heterocycles. The highest BCUT2D eigenvalue weighted by Crippen LogP contribution is 2.50. The van der Waals surface area contributed by atoms with Gasteiger partial charge in [-0.15, -0.1) is 0 Å². The minimum absolute atomic E-state index is 0.166. The normalized spacial score (nSPS) is 29.7. The van der Waals surface area contributed by atoms with Crippen LogP contribution in [0.1, 0.15) is 27.7 Å². The number of hydrogen-bond acceptors (Lipinski definition) is 3. The monoisotopic (exact) mass is 178 g/mol. The van der Waals surface area contributed by atoms with E-state index in [4.69, 9.17) is 13.6 Å². The highest BCUT2D eigenvalue weighted by molar-refractivity contribution is 7.42. The second kappa shape index (κ2) is 3.36. The molecule has 0 aliphatic carbocycles. The maximum Gasteiger partial charge on any atom is 0.333 e. The van der Waals surface area contributed by atoms with Crippen molar-refractivity contribution >= 4 is 8.60 Å². The molecule has 1 rings (SSSR count). The summed E-state index contributed by atoms with van der Waals surface area (Å²) in [4.78, 5) is 0. The van der Waals surface area contributed by atoms with Gasteiger partial charge in [0.25, 0.3) is 0 Å². The van der Waals surface area contributed by atoms with Gasteiger partial charge in [0.15, 0.2) is 0 Å². The molecule has 0 amide bonds. The lowest BCUT2D eigenvalue weighted by Gasteiger charge is -2.15. The largest absolute Gasteiger partial charge is 0.333 e. The zero-order chi connectivity index (χ0) is 8.48. The zero-order valence-corrected chi connectivity index (χ0v) is 8.35. The Morgan fingerprint density at radius 3 is 2.45 bits per heavy atom. The second-order valence-corrected chi connectivity index (χ2v) is 4.60. The third-order valence-corrected chi connectivity index (χ3v) is 2.71. The molecule has 66 valence electrons.